The molecule has 1 aromatic rings. The average molecular weight is 345 g/mol. The Morgan fingerprint density at radius 3 is 2.36 bits per heavy atom. The lowest BCUT2D eigenvalue weighted by Crippen LogP contribution is -2.18. The molecule has 1 amide bonds. The first-order chi connectivity index (χ1) is 12.3. The minimum absolute atomic E-state index is 0.143. The third-order valence-electron chi connectivity index (χ3n) is 5.19. The minimum atomic E-state index is 0.143. The molecule has 1 atom stereocenters. The molecule has 25 heavy (non-hydrogen) atoms. The maximum atomic E-state index is 12.1. The maximum Gasteiger partial charge on any atom is 0.224 e. The summed E-state index contributed by atoms with van der Waals surface area (Å²) in [5, 5.41) is 6.34. The maximum absolute atomic E-state index is 12.1. The second kappa shape index (κ2) is 12.1. The van der Waals surface area contributed by atoms with Crippen LogP contribution in [-0.2, 0) is 11.2 Å². The second-order valence-corrected chi connectivity index (χ2v) is 7.53. The predicted octanol–water partition coefficient (Wildman–Crippen LogP) is 5.31. The van der Waals surface area contributed by atoms with Gasteiger partial charge in [0.1, 0.15) is 0 Å². The van der Waals surface area contributed by atoms with E-state index < -0.39 is 0 Å². The number of nitrogens with one attached hydrogen (secondary N) is 2. The van der Waals surface area contributed by atoms with E-state index in [2.05, 4.69) is 29.7 Å². The SMILES string of the molecule is CCCCCCCCCCc1ccc(NC(=O)C[C@H]2CCNC2)cc1. The highest BCUT2D eigenvalue weighted by Crippen LogP contribution is 2.16. The summed E-state index contributed by atoms with van der Waals surface area (Å²) in [6.07, 6.45) is 13.8. The fraction of sp³-hybridized carbons (Fsp3) is 0.682. The van der Waals surface area contributed by atoms with Crippen molar-refractivity contribution in [1.29, 1.82) is 0 Å². The van der Waals surface area contributed by atoms with Crippen LogP contribution in [0.5, 0.6) is 0 Å². The molecule has 0 aromatic heterocycles. The number of amides is 1. The molecule has 0 aliphatic carbocycles. The molecule has 0 spiro atoms. The van der Waals surface area contributed by atoms with Gasteiger partial charge in [0.25, 0.3) is 0 Å². The molecule has 1 aliphatic rings. The number of aryl methyl sites for hydroxylation is 1. The van der Waals surface area contributed by atoms with Gasteiger partial charge in [-0.1, -0.05) is 64.0 Å². The van der Waals surface area contributed by atoms with Crippen LogP contribution in [0.3, 0.4) is 0 Å². The molecule has 2 N–H and O–H groups in total. The lowest BCUT2D eigenvalue weighted by Gasteiger charge is -2.10. The van der Waals surface area contributed by atoms with Gasteiger partial charge in [-0.15, -0.1) is 0 Å². The molecule has 0 unspecified atom stereocenters. The first-order valence-corrected chi connectivity index (χ1v) is 10.4. The van der Waals surface area contributed by atoms with Crippen molar-refractivity contribution in [2.45, 2.75) is 77.6 Å². The zero-order valence-electron chi connectivity index (χ0n) is 16.0. The van der Waals surface area contributed by atoms with Gasteiger partial charge in [-0.2, -0.15) is 0 Å². The quantitative estimate of drug-likeness (QED) is 0.505. The molecule has 1 saturated heterocycles. The van der Waals surface area contributed by atoms with Gasteiger partial charge in [0.05, 0.1) is 0 Å². The van der Waals surface area contributed by atoms with Crippen molar-refractivity contribution in [2.24, 2.45) is 5.92 Å². The normalized spacial score (nSPS) is 16.9. The van der Waals surface area contributed by atoms with E-state index in [0.717, 1.165) is 31.6 Å². The van der Waals surface area contributed by atoms with Gasteiger partial charge in [0.2, 0.25) is 5.91 Å². The van der Waals surface area contributed by atoms with E-state index in [-0.39, 0.29) is 5.91 Å². The molecular formula is C22H36N2O. The minimum Gasteiger partial charge on any atom is -0.326 e. The van der Waals surface area contributed by atoms with E-state index in [4.69, 9.17) is 0 Å². The van der Waals surface area contributed by atoms with Crippen molar-refractivity contribution in [2.75, 3.05) is 18.4 Å². The largest absolute Gasteiger partial charge is 0.326 e. The highest BCUT2D eigenvalue weighted by Gasteiger charge is 2.17. The van der Waals surface area contributed by atoms with Crippen LogP contribution in [0, 0.1) is 5.92 Å². The molecular weight excluding hydrogens is 308 g/mol. The molecule has 1 fully saturated rings. The summed E-state index contributed by atoms with van der Waals surface area (Å²) in [6, 6.07) is 8.41. The average Bonchev–Trinajstić information content (AvgIpc) is 3.11. The summed E-state index contributed by atoms with van der Waals surface area (Å²) in [5.74, 6) is 0.644. The molecule has 2 rings (SSSR count). The lowest BCUT2D eigenvalue weighted by atomic mass is 10.0. The monoisotopic (exact) mass is 344 g/mol. The standard InChI is InChI=1S/C22H36N2O/c1-2-3-4-5-6-7-8-9-10-19-11-13-21(14-12-19)24-22(25)17-20-15-16-23-18-20/h11-14,20,23H,2-10,15-18H2,1H3,(H,24,25)/t20-/m1/s1. The smallest absolute Gasteiger partial charge is 0.224 e. The van der Waals surface area contributed by atoms with Crippen LogP contribution >= 0.6 is 0 Å². The zero-order chi connectivity index (χ0) is 17.7. The number of hydrogen-bond donors (Lipinski definition) is 2. The summed E-state index contributed by atoms with van der Waals surface area (Å²) in [6.45, 7) is 4.29. The van der Waals surface area contributed by atoms with Crippen molar-refractivity contribution in [3.63, 3.8) is 0 Å². The fourth-order valence-corrected chi connectivity index (χ4v) is 3.58. The Morgan fingerprint density at radius 1 is 1.04 bits per heavy atom. The van der Waals surface area contributed by atoms with Gasteiger partial charge in [-0.05, 0) is 56.0 Å². The Balaban J connectivity index is 1.57. The second-order valence-electron chi connectivity index (χ2n) is 7.53. The van der Waals surface area contributed by atoms with E-state index in [1.807, 2.05) is 12.1 Å². The van der Waals surface area contributed by atoms with E-state index in [1.54, 1.807) is 0 Å². The first-order valence-electron chi connectivity index (χ1n) is 10.4. The summed E-state index contributed by atoms with van der Waals surface area (Å²) in [7, 11) is 0. The Hall–Kier alpha value is -1.35. The Bertz CT molecular complexity index is 477. The highest BCUT2D eigenvalue weighted by molar-refractivity contribution is 5.90. The Morgan fingerprint density at radius 2 is 1.72 bits per heavy atom. The molecule has 1 heterocycles. The summed E-state index contributed by atoms with van der Waals surface area (Å²) < 4.78 is 0. The predicted molar refractivity (Wildman–Crippen MR) is 107 cm³/mol. The van der Waals surface area contributed by atoms with E-state index >= 15 is 0 Å². The van der Waals surface area contributed by atoms with E-state index in [1.165, 1.54) is 56.9 Å². The lowest BCUT2D eigenvalue weighted by molar-refractivity contribution is -0.116. The number of carbonyl (C=O) groups is 1. The van der Waals surface area contributed by atoms with Gasteiger partial charge in [-0.25, -0.2) is 0 Å². The van der Waals surface area contributed by atoms with Crippen molar-refractivity contribution in [3.05, 3.63) is 29.8 Å². The number of anilines is 1. The van der Waals surface area contributed by atoms with Crippen molar-refractivity contribution >= 4 is 11.6 Å². The molecule has 1 aromatic carbocycles. The van der Waals surface area contributed by atoms with Crippen LogP contribution < -0.4 is 10.6 Å². The number of carbonyl (C=O) groups excluding carboxylic acids is 1. The van der Waals surface area contributed by atoms with Crippen LogP contribution in [0.25, 0.3) is 0 Å². The highest BCUT2D eigenvalue weighted by atomic mass is 16.1. The Labute approximate surface area is 154 Å². The summed E-state index contributed by atoms with van der Waals surface area (Å²) >= 11 is 0. The molecule has 0 saturated carbocycles. The summed E-state index contributed by atoms with van der Waals surface area (Å²) in [5.41, 5.74) is 2.31. The number of benzene rings is 1. The number of unbranched alkanes of at least 4 members (excludes halogenated alkanes) is 7. The van der Waals surface area contributed by atoms with Crippen molar-refractivity contribution in [1.82, 2.24) is 5.32 Å². The van der Waals surface area contributed by atoms with Crippen LogP contribution in [0.1, 0.15) is 76.7 Å². The summed E-state index contributed by atoms with van der Waals surface area (Å²) in [4.78, 5) is 12.1. The van der Waals surface area contributed by atoms with Crippen LogP contribution in [0.4, 0.5) is 5.69 Å². The molecule has 0 radical (unpaired) electrons. The first kappa shape index (κ1) is 20.0. The van der Waals surface area contributed by atoms with Crippen LogP contribution in [0.15, 0.2) is 24.3 Å². The number of hydrogen-bond acceptors (Lipinski definition) is 2. The van der Waals surface area contributed by atoms with E-state index in [0.29, 0.717) is 12.3 Å². The van der Waals surface area contributed by atoms with Gasteiger partial charge >= 0.3 is 0 Å². The van der Waals surface area contributed by atoms with Crippen molar-refractivity contribution < 1.29 is 4.79 Å². The molecule has 3 heteroatoms. The molecule has 140 valence electrons. The molecule has 1 aliphatic heterocycles. The molecule has 3 nitrogen and oxygen atoms in total. The van der Waals surface area contributed by atoms with Crippen LogP contribution in [-0.4, -0.2) is 19.0 Å². The molecule has 0 bridgehead atoms. The van der Waals surface area contributed by atoms with Gasteiger partial charge in [0.15, 0.2) is 0 Å². The van der Waals surface area contributed by atoms with Crippen molar-refractivity contribution in [3.8, 4) is 0 Å². The fourth-order valence-electron chi connectivity index (χ4n) is 3.58. The third kappa shape index (κ3) is 8.53. The topological polar surface area (TPSA) is 41.1 Å². The zero-order valence-corrected chi connectivity index (χ0v) is 16.0. The van der Waals surface area contributed by atoms with Gasteiger partial charge in [-0.3, -0.25) is 4.79 Å². The number of rotatable bonds is 12. The Kier molecular flexibility index (Phi) is 9.65. The van der Waals surface area contributed by atoms with Gasteiger partial charge < -0.3 is 10.6 Å². The van der Waals surface area contributed by atoms with Crippen LogP contribution in [0.2, 0.25) is 0 Å². The van der Waals surface area contributed by atoms with Gasteiger partial charge in [0, 0.05) is 12.1 Å². The third-order valence-corrected chi connectivity index (χ3v) is 5.19. The van der Waals surface area contributed by atoms with E-state index in [9.17, 15) is 4.79 Å².